The fourth-order valence-electron chi connectivity index (χ4n) is 3.98. The van der Waals surface area contributed by atoms with Gasteiger partial charge in [0.25, 0.3) is 0 Å². The second-order valence-electron chi connectivity index (χ2n) is 7.21. The third kappa shape index (κ3) is 2.93. The van der Waals surface area contributed by atoms with Crippen molar-refractivity contribution in [2.45, 2.75) is 18.7 Å². The average molecular weight is 404 g/mol. The number of nitrogens with zero attached hydrogens (tertiary/aromatic N) is 4. The number of carbonyl (C=O) groups excluding carboxylic acids is 2. The molecule has 2 atom stereocenters. The van der Waals surface area contributed by atoms with E-state index in [9.17, 15) is 9.59 Å². The molecule has 0 spiro atoms. The van der Waals surface area contributed by atoms with Crippen LogP contribution in [0.2, 0.25) is 0 Å². The van der Waals surface area contributed by atoms with Crippen molar-refractivity contribution in [1.82, 2.24) is 19.7 Å². The molecule has 0 N–H and O–H groups in total. The minimum absolute atomic E-state index is 0.252. The van der Waals surface area contributed by atoms with Crippen LogP contribution in [0.4, 0.5) is 4.79 Å². The number of carbonyl (C=O) groups is 2. The van der Waals surface area contributed by atoms with E-state index in [1.165, 1.54) is 17.1 Å². The summed E-state index contributed by atoms with van der Waals surface area (Å²) >= 11 is 0. The Morgan fingerprint density at radius 1 is 1.10 bits per heavy atom. The quantitative estimate of drug-likeness (QED) is 0.611. The maximum Gasteiger partial charge on any atom is 0.345 e. The zero-order valence-electron chi connectivity index (χ0n) is 16.3. The standard InChI is InChI=1S/C22H20N4O4/c1-29-21(27)20-19-17(12-25(23-19)16-10-6-3-7-11-16)18-13-24(20)22(28)26(18)30-14-15-8-4-2-5-9-15/h2-12,18,20H,13-14H2,1H3/t18-,20?/m1/s1. The summed E-state index contributed by atoms with van der Waals surface area (Å²) < 4.78 is 6.71. The maximum absolute atomic E-state index is 13.0. The molecule has 2 aliphatic rings. The molecule has 152 valence electrons. The van der Waals surface area contributed by atoms with Gasteiger partial charge in [-0.25, -0.2) is 14.3 Å². The van der Waals surface area contributed by atoms with Gasteiger partial charge in [-0.15, -0.1) is 0 Å². The summed E-state index contributed by atoms with van der Waals surface area (Å²) in [5.41, 5.74) is 3.11. The van der Waals surface area contributed by atoms with E-state index in [1.807, 2.05) is 66.9 Å². The number of rotatable bonds is 5. The summed E-state index contributed by atoms with van der Waals surface area (Å²) in [6.45, 7) is 0.586. The van der Waals surface area contributed by atoms with Crippen LogP contribution in [0, 0.1) is 0 Å². The monoisotopic (exact) mass is 404 g/mol. The van der Waals surface area contributed by atoms with Crippen molar-refractivity contribution in [3.05, 3.63) is 83.7 Å². The van der Waals surface area contributed by atoms with Crippen LogP contribution in [0.1, 0.15) is 28.9 Å². The lowest BCUT2D eigenvalue weighted by Crippen LogP contribution is -2.39. The molecule has 5 rings (SSSR count). The third-order valence-electron chi connectivity index (χ3n) is 5.45. The van der Waals surface area contributed by atoms with E-state index >= 15 is 0 Å². The van der Waals surface area contributed by atoms with E-state index in [0.29, 0.717) is 12.2 Å². The van der Waals surface area contributed by atoms with Crippen LogP contribution in [-0.2, 0) is 21.0 Å². The summed E-state index contributed by atoms with van der Waals surface area (Å²) in [5, 5.41) is 5.99. The normalized spacial score (nSPS) is 19.7. The summed E-state index contributed by atoms with van der Waals surface area (Å²) in [6, 6.07) is 17.6. The van der Waals surface area contributed by atoms with E-state index in [-0.39, 0.29) is 18.7 Å². The van der Waals surface area contributed by atoms with Crippen molar-refractivity contribution >= 4 is 12.0 Å². The Labute approximate surface area is 173 Å². The third-order valence-corrected chi connectivity index (χ3v) is 5.45. The van der Waals surface area contributed by atoms with Crippen LogP contribution < -0.4 is 0 Å². The predicted molar refractivity (Wildman–Crippen MR) is 106 cm³/mol. The van der Waals surface area contributed by atoms with Gasteiger partial charge in [-0.05, 0) is 17.7 Å². The lowest BCUT2D eigenvalue weighted by molar-refractivity contribution is -0.146. The molecule has 30 heavy (non-hydrogen) atoms. The number of aromatic nitrogens is 2. The molecule has 2 bridgehead atoms. The first-order valence-electron chi connectivity index (χ1n) is 9.66. The molecular formula is C22H20N4O4. The summed E-state index contributed by atoms with van der Waals surface area (Å²) in [5.74, 6) is -0.522. The highest BCUT2D eigenvalue weighted by Gasteiger charge is 2.53. The van der Waals surface area contributed by atoms with Gasteiger partial charge in [0.1, 0.15) is 18.3 Å². The minimum atomic E-state index is -0.899. The molecule has 1 fully saturated rings. The second-order valence-corrected chi connectivity index (χ2v) is 7.21. The van der Waals surface area contributed by atoms with Gasteiger partial charge in [0.2, 0.25) is 0 Å². The summed E-state index contributed by atoms with van der Waals surface area (Å²) in [6.07, 6.45) is 1.86. The van der Waals surface area contributed by atoms with Crippen molar-refractivity contribution in [2.75, 3.05) is 13.7 Å². The van der Waals surface area contributed by atoms with Gasteiger partial charge in [0, 0.05) is 11.8 Å². The molecular weight excluding hydrogens is 384 g/mol. The van der Waals surface area contributed by atoms with Gasteiger partial charge in [-0.3, -0.25) is 4.84 Å². The molecule has 1 unspecified atom stereocenters. The van der Waals surface area contributed by atoms with Gasteiger partial charge in [-0.2, -0.15) is 10.2 Å². The molecule has 0 radical (unpaired) electrons. The van der Waals surface area contributed by atoms with Gasteiger partial charge < -0.3 is 9.64 Å². The molecule has 2 aliphatic heterocycles. The Hall–Kier alpha value is -3.65. The van der Waals surface area contributed by atoms with Crippen LogP contribution in [0.15, 0.2) is 66.9 Å². The van der Waals surface area contributed by atoms with Crippen LogP contribution in [0.5, 0.6) is 0 Å². The van der Waals surface area contributed by atoms with Crippen molar-refractivity contribution in [3.63, 3.8) is 0 Å². The Kier molecular flexibility index (Phi) is 4.48. The fraction of sp³-hybridized carbons (Fsp3) is 0.227. The minimum Gasteiger partial charge on any atom is -0.467 e. The lowest BCUT2D eigenvalue weighted by Gasteiger charge is -2.27. The van der Waals surface area contributed by atoms with Crippen LogP contribution in [-0.4, -0.2) is 45.4 Å². The first-order chi connectivity index (χ1) is 14.7. The number of hydroxylamine groups is 2. The number of methoxy groups -OCH3 is 1. The van der Waals surface area contributed by atoms with E-state index in [4.69, 9.17) is 9.57 Å². The molecule has 1 aromatic heterocycles. The number of hydrogen-bond donors (Lipinski definition) is 0. The van der Waals surface area contributed by atoms with Gasteiger partial charge in [-0.1, -0.05) is 48.5 Å². The molecule has 3 heterocycles. The Morgan fingerprint density at radius 3 is 2.50 bits per heavy atom. The molecule has 8 nitrogen and oxygen atoms in total. The molecule has 2 amide bonds. The number of fused-ring (bicyclic) bond motifs is 4. The Balaban J connectivity index is 1.52. The number of para-hydroxylation sites is 1. The zero-order valence-corrected chi connectivity index (χ0v) is 16.3. The van der Waals surface area contributed by atoms with Crippen molar-refractivity contribution in [2.24, 2.45) is 0 Å². The topological polar surface area (TPSA) is 76.9 Å². The number of benzene rings is 2. The molecule has 2 aromatic carbocycles. The highest BCUT2D eigenvalue weighted by atomic mass is 16.7. The Morgan fingerprint density at radius 2 is 1.80 bits per heavy atom. The van der Waals surface area contributed by atoms with Crippen LogP contribution >= 0.6 is 0 Å². The first kappa shape index (κ1) is 18.4. The van der Waals surface area contributed by atoms with Crippen molar-refractivity contribution < 1.29 is 19.2 Å². The number of hydrogen-bond acceptors (Lipinski definition) is 5. The number of urea groups is 1. The highest BCUT2D eigenvalue weighted by Crippen LogP contribution is 2.44. The lowest BCUT2D eigenvalue weighted by atomic mass is 9.98. The molecule has 1 saturated heterocycles. The summed E-state index contributed by atoms with van der Waals surface area (Å²) in [7, 11) is 1.31. The highest BCUT2D eigenvalue weighted by molar-refractivity contribution is 5.87. The van der Waals surface area contributed by atoms with Gasteiger partial charge >= 0.3 is 12.0 Å². The van der Waals surface area contributed by atoms with E-state index in [1.54, 1.807) is 4.68 Å². The number of amides is 2. The predicted octanol–water partition coefficient (Wildman–Crippen LogP) is 3.01. The van der Waals surface area contributed by atoms with E-state index < -0.39 is 12.0 Å². The van der Waals surface area contributed by atoms with Crippen LogP contribution in [0.25, 0.3) is 5.69 Å². The van der Waals surface area contributed by atoms with Gasteiger partial charge in [0.15, 0.2) is 6.04 Å². The first-order valence-corrected chi connectivity index (χ1v) is 9.66. The maximum atomic E-state index is 13.0. The van der Waals surface area contributed by atoms with Gasteiger partial charge in [0.05, 0.1) is 19.3 Å². The number of ether oxygens (including phenoxy) is 1. The van der Waals surface area contributed by atoms with E-state index in [0.717, 1.165) is 16.8 Å². The fourth-order valence-corrected chi connectivity index (χ4v) is 3.98. The average Bonchev–Trinajstić information content (AvgIpc) is 3.35. The largest absolute Gasteiger partial charge is 0.467 e. The second kappa shape index (κ2) is 7.31. The zero-order chi connectivity index (χ0) is 20.7. The smallest absolute Gasteiger partial charge is 0.345 e. The molecule has 0 aliphatic carbocycles. The summed E-state index contributed by atoms with van der Waals surface area (Å²) in [4.78, 5) is 33.0. The number of esters is 1. The molecule has 3 aromatic rings. The van der Waals surface area contributed by atoms with E-state index in [2.05, 4.69) is 5.10 Å². The van der Waals surface area contributed by atoms with Crippen LogP contribution in [0.3, 0.4) is 0 Å². The Bertz CT molecular complexity index is 1080. The molecule has 8 heteroatoms. The van der Waals surface area contributed by atoms with Crippen molar-refractivity contribution in [1.29, 1.82) is 0 Å². The van der Waals surface area contributed by atoms with Crippen molar-refractivity contribution in [3.8, 4) is 5.69 Å². The molecule has 0 saturated carbocycles. The SMILES string of the molecule is COC(=O)C1c2nn(-c3ccccc3)cc2[C@H]2CN1C(=O)N2OCc1ccccc1.